The third kappa shape index (κ3) is 12.0. The van der Waals surface area contributed by atoms with Crippen LogP contribution in [0.1, 0.15) is 81.1 Å². The number of hydrogen-bond acceptors (Lipinski definition) is 4. The quantitative estimate of drug-likeness (QED) is 0.377. The van der Waals surface area contributed by atoms with Gasteiger partial charge < -0.3 is 18.9 Å². The van der Waals surface area contributed by atoms with Crippen molar-refractivity contribution in [2.75, 3.05) is 26.4 Å². The van der Waals surface area contributed by atoms with Crippen molar-refractivity contribution >= 4 is 0 Å². The lowest BCUT2D eigenvalue weighted by Crippen LogP contribution is -2.44. The van der Waals surface area contributed by atoms with E-state index in [1.807, 2.05) is 0 Å². The van der Waals surface area contributed by atoms with Gasteiger partial charge in [0, 0.05) is 0 Å². The number of rotatable bonds is 16. The molecule has 0 aromatic rings. The molecule has 0 aromatic heterocycles. The summed E-state index contributed by atoms with van der Waals surface area (Å²) in [6, 6.07) is 0. The molecular formula is C21H44O4. The van der Waals surface area contributed by atoms with Gasteiger partial charge in [0.1, 0.15) is 0 Å². The van der Waals surface area contributed by atoms with Gasteiger partial charge in [-0.15, -0.1) is 0 Å². The van der Waals surface area contributed by atoms with Gasteiger partial charge in [0.05, 0.1) is 56.3 Å². The van der Waals surface area contributed by atoms with Crippen molar-refractivity contribution in [2.24, 2.45) is 5.41 Å². The van der Waals surface area contributed by atoms with E-state index in [1.54, 1.807) is 0 Å². The zero-order valence-electron chi connectivity index (χ0n) is 18.1. The van der Waals surface area contributed by atoms with E-state index in [0.717, 1.165) is 25.7 Å². The van der Waals surface area contributed by atoms with Gasteiger partial charge in [-0.2, -0.15) is 0 Å². The van der Waals surface area contributed by atoms with Gasteiger partial charge in [0.15, 0.2) is 0 Å². The van der Waals surface area contributed by atoms with Crippen molar-refractivity contribution in [2.45, 2.75) is 105 Å². The summed E-state index contributed by atoms with van der Waals surface area (Å²) in [6.07, 6.45) is 5.09. The predicted molar refractivity (Wildman–Crippen MR) is 105 cm³/mol. The Morgan fingerprint density at radius 2 is 1.00 bits per heavy atom. The smallest absolute Gasteiger partial charge is 0.0638 e. The van der Waals surface area contributed by atoms with Gasteiger partial charge in [0.25, 0.3) is 0 Å². The summed E-state index contributed by atoms with van der Waals surface area (Å²) < 4.78 is 24.4. The molecule has 4 nitrogen and oxygen atoms in total. The van der Waals surface area contributed by atoms with Crippen LogP contribution >= 0.6 is 0 Å². The fourth-order valence-corrected chi connectivity index (χ4v) is 2.28. The first-order chi connectivity index (χ1) is 11.8. The minimum atomic E-state index is -0.265. The minimum absolute atomic E-state index is 0.180. The maximum Gasteiger partial charge on any atom is 0.0638 e. The Labute approximate surface area is 156 Å². The van der Waals surface area contributed by atoms with E-state index in [1.165, 1.54) is 0 Å². The van der Waals surface area contributed by atoms with Gasteiger partial charge in [-0.1, -0.05) is 27.2 Å². The van der Waals surface area contributed by atoms with E-state index >= 15 is 0 Å². The van der Waals surface area contributed by atoms with Crippen molar-refractivity contribution in [3.05, 3.63) is 0 Å². The molecule has 3 unspecified atom stereocenters. The third-order valence-corrected chi connectivity index (χ3v) is 4.59. The lowest BCUT2D eigenvalue weighted by Gasteiger charge is -2.36. The molecule has 0 amide bonds. The zero-order chi connectivity index (χ0) is 19.3. The van der Waals surface area contributed by atoms with Crippen molar-refractivity contribution < 1.29 is 18.9 Å². The highest BCUT2D eigenvalue weighted by atomic mass is 16.5. The summed E-state index contributed by atoms with van der Waals surface area (Å²) in [5, 5.41) is 0. The fraction of sp³-hybridized carbons (Fsp3) is 1.00. The standard InChI is InChI=1S/C21H44O4/c1-9-12-20(8)25-16-21(13-22-17(4)5,14-23-18(6)10-2)15-24-19(7)11-3/h17-20H,9-16H2,1-8H3/t18-,19?,20?,21?/m0/s1. The van der Waals surface area contributed by atoms with E-state index in [-0.39, 0.29) is 29.8 Å². The Balaban J connectivity index is 5.06. The van der Waals surface area contributed by atoms with Crippen LogP contribution < -0.4 is 0 Å². The molecule has 0 heterocycles. The number of hydrogen-bond donors (Lipinski definition) is 0. The molecule has 0 rings (SSSR count). The molecule has 0 saturated carbocycles. The van der Waals surface area contributed by atoms with E-state index in [2.05, 4.69) is 55.4 Å². The van der Waals surface area contributed by atoms with Gasteiger partial charge in [0.2, 0.25) is 0 Å². The van der Waals surface area contributed by atoms with Crippen LogP contribution in [0.15, 0.2) is 0 Å². The molecule has 0 aliphatic carbocycles. The molecule has 0 bridgehead atoms. The zero-order valence-corrected chi connectivity index (χ0v) is 18.1. The molecule has 0 aliphatic heterocycles. The normalized spacial score (nSPS) is 18.1. The Kier molecular flexibility index (Phi) is 13.9. The average Bonchev–Trinajstić information content (AvgIpc) is 2.59. The molecule has 152 valence electrons. The second kappa shape index (κ2) is 14.0. The third-order valence-electron chi connectivity index (χ3n) is 4.59. The van der Waals surface area contributed by atoms with Crippen LogP contribution in [0, 0.1) is 5.41 Å². The van der Waals surface area contributed by atoms with Crippen LogP contribution in [0.25, 0.3) is 0 Å². The van der Waals surface area contributed by atoms with E-state index in [9.17, 15) is 0 Å². The Morgan fingerprint density at radius 1 is 0.600 bits per heavy atom. The topological polar surface area (TPSA) is 36.9 Å². The molecule has 0 aliphatic rings. The van der Waals surface area contributed by atoms with E-state index in [4.69, 9.17) is 18.9 Å². The summed E-state index contributed by atoms with van der Waals surface area (Å²) in [6.45, 7) is 19.4. The first-order valence-corrected chi connectivity index (χ1v) is 10.2. The van der Waals surface area contributed by atoms with Gasteiger partial charge in [-0.25, -0.2) is 0 Å². The van der Waals surface area contributed by atoms with E-state index in [0.29, 0.717) is 26.4 Å². The Bertz CT molecular complexity index is 292. The van der Waals surface area contributed by atoms with Crippen molar-refractivity contribution in [1.29, 1.82) is 0 Å². The van der Waals surface area contributed by atoms with Crippen LogP contribution in [-0.2, 0) is 18.9 Å². The monoisotopic (exact) mass is 360 g/mol. The molecule has 0 saturated heterocycles. The van der Waals surface area contributed by atoms with Gasteiger partial charge in [-0.3, -0.25) is 0 Å². The molecular weight excluding hydrogens is 316 g/mol. The first kappa shape index (κ1) is 24.8. The minimum Gasteiger partial charge on any atom is -0.378 e. The first-order valence-electron chi connectivity index (χ1n) is 10.2. The molecule has 0 fully saturated rings. The second-order valence-corrected chi connectivity index (χ2v) is 7.83. The SMILES string of the molecule is CCCC(C)OCC(COC(C)C)(COC(C)CC)CO[C@@H](C)CC. The van der Waals surface area contributed by atoms with Gasteiger partial charge in [-0.05, 0) is 53.9 Å². The van der Waals surface area contributed by atoms with Crippen molar-refractivity contribution in [1.82, 2.24) is 0 Å². The molecule has 25 heavy (non-hydrogen) atoms. The average molecular weight is 361 g/mol. The van der Waals surface area contributed by atoms with Crippen LogP contribution in [0.2, 0.25) is 0 Å². The molecule has 0 aromatic carbocycles. The summed E-state index contributed by atoms with van der Waals surface area (Å²) in [5.74, 6) is 0. The molecule has 4 atom stereocenters. The molecule has 0 N–H and O–H groups in total. The highest BCUT2D eigenvalue weighted by molar-refractivity contribution is 4.81. The summed E-state index contributed by atoms with van der Waals surface area (Å²) >= 11 is 0. The maximum absolute atomic E-state index is 6.17. The molecule has 0 radical (unpaired) electrons. The lowest BCUT2D eigenvalue weighted by atomic mass is 9.91. The lowest BCUT2D eigenvalue weighted by molar-refractivity contribution is -0.142. The largest absolute Gasteiger partial charge is 0.378 e. The van der Waals surface area contributed by atoms with Gasteiger partial charge >= 0.3 is 0 Å². The fourth-order valence-electron chi connectivity index (χ4n) is 2.28. The number of ether oxygens (including phenoxy) is 4. The molecule has 0 spiro atoms. The molecule has 4 heteroatoms. The Hall–Kier alpha value is -0.160. The predicted octanol–water partition coefficient (Wildman–Crippen LogP) is 5.23. The van der Waals surface area contributed by atoms with Crippen LogP contribution in [0.5, 0.6) is 0 Å². The highest BCUT2D eigenvalue weighted by Crippen LogP contribution is 2.24. The van der Waals surface area contributed by atoms with E-state index < -0.39 is 0 Å². The Morgan fingerprint density at radius 3 is 1.36 bits per heavy atom. The highest BCUT2D eigenvalue weighted by Gasteiger charge is 2.34. The second-order valence-electron chi connectivity index (χ2n) is 7.83. The van der Waals surface area contributed by atoms with Crippen LogP contribution in [0.3, 0.4) is 0 Å². The summed E-state index contributed by atoms with van der Waals surface area (Å²) in [5.41, 5.74) is -0.265. The maximum atomic E-state index is 6.17. The van der Waals surface area contributed by atoms with Crippen molar-refractivity contribution in [3.63, 3.8) is 0 Å². The van der Waals surface area contributed by atoms with Crippen molar-refractivity contribution in [3.8, 4) is 0 Å². The van der Waals surface area contributed by atoms with Crippen LogP contribution in [0.4, 0.5) is 0 Å². The summed E-state index contributed by atoms with van der Waals surface area (Å²) in [4.78, 5) is 0. The summed E-state index contributed by atoms with van der Waals surface area (Å²) in [7, 11) is 0. The van der Waals surface area contributed by atoms with Crippen LogP contribution in [-0.4, -0.2) is 50.8 Å².